The molecule has 0 fully saturated rings. The number of Topliss-reactive ketones (excluding diaryl/α,β-unsaturated/α-hetero) is 1. The SMILES string of the molecule is CCCCCCCCCCCc1ccc(C(=O)CCNC(C)C(O)c2ccccc2)cc1. The second-order valence-electron chi connectivity index (χ2n) is 9.05. The lowest BCUT2D eigenvalue weighted by molar-refractivity contribution is 0.0972. The normalized spacial score (nSPS) is 13.1. The molecule has 176 valence electrons. The van der Waals surface area contributed by atoms with Gasteiger partial charge in [-0.25, -0.2) is 0 Å². The van der Waals surface area contributed by atoms with Gasteiger partial charge < -0.3 is 10.4 Å². The standard InChI is InChI=1S/C29H43NO2/c1-3-4-5-6-7-8-9-10-12-15-25-18-20-26(21-19-25)28(31)22-23-30-24(2)29(32)27-16-13-11-14-17-27/h11,13-14,16-21,24,29-30,32H,3-10,12,15,22-23H2,1-2H3. The predicted molar refractivity (Wildman–Crippen MR) is 135 cm³/mol. The van der Waals surface area contributed by atoms with Gasteiger partial charge in [0.05, 0.1) is 6.10 Å². The molecule has 0 saturated heterocycles. The van der Waals surface area contributed by atoms with E-state index in [0.717, 1.165) is 17.5 Å². The Morgan fingerprint density at radius 3 is 2.06 bits per heavy atom. The molecular formula is C29H43NO2. The summed E-state index contributed by atoms with van der Waals surface area (Å²) in [4.78, 5) is 12.5. The van der Waals surface area contributed by atoms with Crippen molar-refractivity contribution in [3.8, 4) is 0 Å². The van der Waals surface area contributed by atoms with Gasteiger partial charge in [0.15, 0.2) is 5.78 Å². The average molecular weight is 438 g/mol. The fourth-order valence-electron chi connectivity index (χ4n) is 4.11. The zero-order valence-corrected chi connectivity index (χ0v) is 20.2. The van der Waals surface area contributed by atoms with Gasteiger partial charge in [0.25, 0.3) is 0 Å². The van der Waals surface area contributed by atoms with Gasteiger partial charge in [-0.2, -0.15) is 0 Å². The maximum absolute atomic E-state index is 12.5. The summed E-state index contributed by atoms with van der Waals surface area (Å²) in [5.41, 5.74) is 2.99. The third-order valence-electron chi connectivity index (χ3n) is 6.28. The second-order valence-corrected chi connectivity index (χ2v) is 9.05. The van der Waals surface area contributed by atoms with E-state index in [9.17, 15) is 9.90 Å². The Morgan fingerprint density at radius 2 is 1.44 bits per heavy atom. The van der Waals surface area contributed by atoms with Crippen LogP contribution in [0.4, 0.5) is 0 Å². The topological polar surface area (TPSA) is 49.3 Å². The molecule has 3 nitrogen and oxygen atoms in total. The van der Waals surface area contributed by atoms with Gasteiger partial charge in [0.2, 0.25) is 0 Å². The Balaban J connectivity index is 1.60. The van der Waals surface area contributed by atoms with E-state index in [1.165, 1.54) is 63.4 Å². The number of rotatable bonds is 17. The molecule has 2 atom stereocenters. The zero-order chi connectivity index (χ0) is 23.0. The molecule has 0 aliphatic heterocycles. The highest BCUT2D eigenvalue weighted by Gasteiger charge is 2.16. The zero-order valence-electron chi connectivity index (χ0n) is 20.2. The molecule has 32 heavy (non-hydrogen) atoms. The summed E-state index contributed by atoms with van der Waals surface area (Å²) in [5, 5.41) is 13.7. The Kier molecular flexibility index (Phi) is 13.0. The molecular weight excluding hydrogens is 394 g/mol. The summed E-state index contributed by atoms with van der Waals surface area (Å²) in [6.07, 6.45) is 13.1. The molecule has 0 saturated carbocycles. The third kappa shape index (κ3) is 10.1. The van der Waals surface area contributed by atoms with E-state index in [1.807, 2.05) is 49.4 Å². The van der Waals surface area contributed by atoms with Crippen molar-refractivity contribution < 1.29 is 9.90 Å². The number of aliphatic hydroxyl groups is 1. The first-order valence-electron chi connectivity index (χ1n) is 12.7. The van der Waals surface area contributed by atoms with Crippen LogP contribution < -0.4 is 5.32 Å². The summed E-state index contributed by atoms with van der Waals surface area (Å²) in [6, 6.07) is 17.7. The number of ketones is 1. The lowest BCUT2D eigenvalue weighted by Gasteiger charge is -2.20. The van der Waals surface area contributed by atoms with Crippen LogP contribution in [-0.2, 0) is 6.42 Å². The molecule has 0 heterocycles. The number of carbonyl (C=O) groups is 1. The number of aliphatic hydroxyl groups excluding tert-OH is 1. The minimum Gasteiger partial charge on any atom is -0.387 e. The van der Waals surface area contributed by atoms with Crippen LogP contribution in [0.1, 0.15) is 106 Å². The number of unbranched alkanes of at least 4 members (excludes halogenated alkanes) is 8. The molecule has 0 amide bonds. The first-order chi connectivity index (χ1) is 15.6. The van der Waals surface area contributed by atoms with E-state index in [0.29, 0.717) is 13.0 Å². The van der Waals surface area contributed by atoms with E-state index >= 15 is 0 Å². The molecule has 2 aromatic rings. The fraction of sp³-hybridized carbons (Fsp3) is 0.552. The molecule has 0 aliphatic carbocycles. The quantitative estimate of drug-likeness (QED) is 0.206. The van der Waals surface area contributed by atoms with Crippen molar-refractivity contribution in [2.75, 3.05) is 6.54 Å². The van der Waals surface area contributed by atoms with E-state index in [-0.39, 0.29) is 11.8 Å². The van der Waals surface area contributed by atoms with Gasteiger partial charge in [-0.05, 0) is 30.9 Å². The smallest absolute Gasteiger partial charge is 0.164 e. The molecule has 2 aromatic carbocycles. The molecule has 0 spiro atoms. The number of benzene rings is 2. The number of aryl methyl sites for hydroxylation is 1. The van der Waals surface area contributed by atoms with Crippen molar-refractivity contribution in [2.24, 2.45) is 0 Å². The predicted octanol–water partition coefficient (Wildman–Crippen LogP) is 7.04. The van der Waals surface area contributed by atoms with Gasteiger partial charge in [-0.15, -0.1) is 0 Å². The lowest BCUT2D eigenvalue weighted by atomic mass is 10.0. The average Bonchev–Trinajstić information content (AvgIpc) is 2.83. The molecule has 0 radical (unpaired) electrons. The van der Waals surface area contributed by atoms with Crippen molar-refractivity contribution in [1.82, 2.24) is 5.32 Å². The molecule has 2 unspecified atom stereocenters. The van der Waals surface area contributed by atoms with E-state index < -0.39 is 6.10 Å². The Labute approximate surface area is 195 Å². The number of hydrogen-bond donors (Lipinski definition) is 2. The van der Waals surface area contributed by atoms with Gasteiger partial charge in [-0.1, -0.05) is 113 Å². The van der Waals surface area contributed by atoms with Crippen LogP contribution in [0, 0.1) is 0 Å². The monoisotopic (exact) mass is 437 g/mol. The number of carbonyl (C=O) groups excluding carboxylic acids is 1. The number of hydrogen-bond acceptors (Lipinski definition) is 3. The van der Waals surface area contributed by atoms with Crippen LogP contribution in [0.2, 0.25) is 0 Å². The van der Waals surface area contributed by atoms with Gasteiger partial charge in [-0.3, -0.25) is 4.79 Å². The van der Waals surface area contributed by atoms with Crippen LogP contribution in [0.3, 0.4) is 0 Å². The lowest BCUT2D eigenvalue weighted by Crippen LogP contribution is -2.33. The van der Waals surface area contributed by atoms with Crippen LogP contribution in [0.25, 0.3) is 0 Å². The highest BCUT2D eigenvalue weighted by Crippen LogP contribution is 2.16. The Hall–Kier alpha value is -1.97. The first kappa shape index (κ1) is 26.3. The van der Waals surface area contributed by atoms with Crippen LogP contribution in [0.5, 0.6) is 0 Å². The third-order valence-corrected chi connectivity index (χ3v) is 6.28. The van der Waals surface area contributed by atoms with Gasteiger partial charge >= 0.3 is 0 Å². The van der Waals surface area contributed by atoms with Crippen LogP contribution in [-0.4, -0.2) is 23.5 Å². The van der Waals surface area contributed by atoms with E-state index in [1.54, 1.807) is 0 Å². The summed E-state index contributed by atoms with van der Waals surface area (Å²) < 4.78 is 0. The minimum absolute atomic E-state index is 0.107. The van der Waals surface area contributed by atoms with Crippen molar-refractivity contribution >= 4 is 5.78 Å². The Morgan fingerprint density at radius 1 is 0.844 bits per heavy atom. The van der Waals surface area contributed by atoms with Crippen molar-refractivity contribution in [2.45, 2.75) is 96.6 Å². The fourth-order valence-corrected chi connectivity index (χ4v) is 4.11. The number of nitrogens with one attached hydrogen (secondary N) is 1. The molecule has 2 N–H and O–H groups in total. The van der Waals surface area contributed by atoms with Crippen LogP contribution >= 0.6 is 0 Å². The highest BCUT2D eigenvalue weighted by atomic mass is 16.3. The minimum atomic E-state index is -0.577. The van der Waals surface area contributed by atoms with Crippen molar-refractivity contribution in [3.63, 3.8) is 0 Å². The van der Waals surface area contributed by atoms with Crippen LogP contribution in [0.15, 0.2) is 54.6 Å². The van der Waals surface area contributed by atoms with E-state index in [2.05, 4.69) is 24.4 Å². The maximum atomic E-state index is 12.5. The summed E-state index contributed by atoms with van der Waals surface area (Å²) in [6.45, 7) is 4.77. The Bertz CT molecular complexity index is 742. The van der Waals surface area contributed by atoms with Crippen molar-refractivity contribution in [1.29, 1.82) is 0 Å². The van der Waals surface area contributed by atoms with Gasteiger partial charge in [0, 0.05) is 24.6 Å². The first-order valence-corrected chi connectivity index (χ1v) is 12.7. The molecule has 2 rings (SSSR count). The molecule has 0 bridgehead atoms. The highest BCUT2D eigenvalue weighted by molar-refractivity contribution is 5.96. The summed E-state index contributed by atoms with van der Waals surface area (Å²) in [5.74, 6) is 0.147. The molecule has 3 heteroatoms. The molecule has 0 aromatic heterocycles. The largest absolute Gasteiger partial charge is 0.387 e. The van der Waals surface area contributed by atoms with Gasteiger partial charge in [0.1, 0.15) is 0 Å². The molecule has 0 aliphatic rings. The summed E-state index contributed by atoms with van der Waals surface area (Å²) in [7, 11) is 0. The summed E-state index contributed by atoms with van der Waals surface area (Å²) >= 11 is 0. The van der Waals surface area contributed by atoms with E-state index in [4.69, 9.17) is 0 Å². The van der Waals surface area contributed by atoms with Crippen molar-refractivity contribution in [3.05, 3.63) is 71.3 Å². The maximum Gasteiger partial charge on any atom is 0.164 e. The second kappa shape index (κ2) is 15.8.